The Balaban J connectivity index is 1.43. The lowest BCUT2D eigenvalue weighted by Gasteiger charge is -2.42. The van der Waals surface area contributed by atoms with Gasteiger partial charge < -0.3 is 5.32 Å². The van der Waals surface area contributed by atoms with Crippen molar-refractivity contribution in [1.82, 2.24) is 15.6 Å². The molecule has 150 valence electrons. The molecule has 2 N–H and O–H groups in total. The largest absolute Gasteiger partial charge is 0.416 e. The summed E-state index contributed by atoms with van der Waals surface area (Å²) in [6, 6.07) is 5.57. The van der Waals surface area contributed by atoms with Crippen LogP contribution in [0, 0.1) is 12.8 Å². The summed E-state index contributed by atoms with van der Waals surface area (Å²) >= 11 is 1.59. The average Bonchev–Trinajstić information content (AvgIpc) is 3.05. The molecule has 1 aliphatic carbocycles. The van der Waals surface area contributed by atoms with Crippen LogP contribution in [0.25, 0.3) is 0 Å². The molecule has 1 saturated carbocycles. The molecule has 1 aromatic carbocycles. The van der Waals surface area contributed by atoms with Gasteiger partial charge in [-0.1, -0.05) is 18.2 Å². The first-order valence-electron chi connectivity index (χ1n) is 9.44. The van der Waals surface area contributed by atoms with E-state index in [1.165, 1.54) is 12.1 Å². The molecule has 1 saturated heterocycles. The molecule has 4 unspecified atom stereocenters. The lowest BCUT2D eigenvalue weighted by Crippen LogP contribution is -2.63. The van der Waals surface area contributed by atoms with Crippen LogP contribution in [-0.2, 0) is 17.4 Å². The molecular formula is C20H22F3N3OS. The third kappa shape index (κ3) is 4.07. The number of rotatable bonds is 3. The summed E-state index contributed by atoms with van der Waals surface area (Å²) in [6.07, 6.45) is -1.76. The molecule has 1 amide bonds. The van der Waals surface area contributed by atoms with Crippen molar-refractivity contribution in [2.45, 2.75) is 56.9 Å². The van der Waals surface area contributed by atoms with Gasteiger partial charge in [0.2, 0.25) is 5.91 Å². The van der Waals surface area contributed by atoms with E-state index in [4.69, 9.17) is 0 Å². The van der Waals surface area contributed by atoms with Crippen LogP contribution >= 0.6 is 11.3 Å². The lowest BCUT2D eigenvalue weighted by molar-refractivity contribution is -0.137. The SMILES string of the molecule is Cc1nc(CC2NC(=O)C3CC(c4cccc(C(F)(F)F)c4)CCC3N2)cs1. The van der Waals surface area contributed by atoms with Gasteiger partial charge >= 0.3 is 6.18 Å². The number of carbonyl (C=O) groups excluding carboxylic acids is 1. The first-order chi connectivity index (χ1) is 13.3. The van der Waals surface area contributed by atoms with E-state index in [1.54, 1.807) is 17.4 Å². The van der Waals surface area contributed by atoms with Crippen molar-refractivity contribution in [3.8, 4) is 0 Å². The van der Waals surface area contributed by atoms with Gasteiger partial charge in [-0.15, -0.1) is 11.3 Å². The van der Waals surface area contributed by atoms with E-state index in [1.807, 2.05) is 12.3 Å². The van der Waals surface area contributed by atoms with Crippen LogP contribution in [0.15, 0.2) is 29.6 Å². The number of fused-ring (bicyclic) bond motifs is 1. The lowest BCUT2D eigenvalue weighted by atomic mass is 9.73. The third-order valence-corrected chi connectivity index (χ3v) is 6.51. The fourth-order valence-corrected chi connectivity index (χ4v) is 4.96. The van der Waals surface area contributed by atoms with Gasteiger partial charge in [0.15, 0.2) is 0 Å². The summed E-state index contributed by atoms with van der Waals surface area (Å²) in [5.74, 6) is -0.270. The van der Waals surface area contributed by atoms with E-state index in [0.717, 1.165) is 29.6 Å². The Bertz CT molecular complexity index is 866. The van der Waals surface area contributed by atoms with Crippen LogP contribution < -0.4 is 10.6 Å². The number of benzene rings is 1. The molecule has 0 spiro atoms. The van der Waals surface area contributed by atoms with E-state index in [9.17, 15) is 18.0 Å². The highest BCUT2D eigenvalue weighted by Crippen LogP contribution is 2.39. The number of nitrogens with one attached hydrogen (secondary N) is 2. The quantitative estimate of drug-likeness (QED) is 0.805. The number of hydrogen-bond acceptors (Lipinski definition) is 4. The van der Waals surface area contributed by atoms with E-state index < -0.39 is 11.7 Å². The monoisotopic (exact) mass is 409 g/mol. The van der Waals surface area contributed by atoms with Gasteiger partial charge in [0, 0.05) is 17.8 Å². The molecule has 1 aromatic heterocycles. The van der Waals surface area contributed by atoms with Crippen LogP contribution in [0.1, 0.15) is 47.0 Å². The molecule has 4 nitrogen and oxygen atoms in total. The Labute approximate surface area is 165 Å². The van der Waals surface area contributed by atoms with Crippen LogP contribution in [0.5, 0.6) is 0 Å². The Hall–Kier alpha value is -1.93. The summed E-state index contributed by atoms with van der Waals surface area (Å²) in [5.41, 5.74) is 0.995. The van der Waals surface area contributed by atoms with Crippen molar-refractivity contribution in [2.75, 3.05) is 0 Å². The zero-order valence-electron chi connectivity index (χ0n) is 15.4. The van der Waals surface area contributed by atoms with Crippen LogP contribution in [0.4, 0.5) is 13.2 Å². The smallest absolute Gasteiger partial charge is 0.340 e. The molecule has 2 aromatic rings. The number of nitrogens with zero attached hydrogens (tertiary/aromatic N) is 1. The Kier molecular flexibility index (Phi) is 5.18. The van der Waals surface area contributed by atoms with Crippen molar-refractivity contribution in [3.05, 3.63) is 51.5 Å². The van der Waals surface area contributed by atoms with Gasteiger partial charge in [0.25, 0.3) is 0 Å². The van der Waals surface area contributed by atoms with Gasteiger partial charge in [-0.25, -0.2) is 4.98 Å². The number of aryl methyl sites for hydroxylation is 1. The summed E-state index contributed by atoms with van der Waals surface area (Å²) in [6.45, 7) is 1.95. The van der Waals surface area contributed by atoms with Crippen molar-refractivity contribution in [2.24, 2.45) is 5.92 Å². The molecule has 4 rings (SSSR count). The number of hydrogen-bond donors (Lipinski definition) is 2. The molecule has 2 heterocycles. The molecule has 28 heavy (non-hydrogen) atoms. The standard InChI is InChI=1S/C20H22F3N3OS/c1-11-24-15(10-28-11)9-18-25-17-6-5-13(8-16(17)19(27)26-18)12-3-2-4-14(7-12)20(21,22)23/h2-4,7,10,13,16-18,25H,5-6,8-9H2,1H3,(H,26,27). The molecule has 4 atom stereocenters. The maximum Gasteiger partial charge on any atom is 0.416 e. The highest BCUT2D eigenvalue weighted by atomic mass is 32.1. The second kappa shape index (κ2) is 7.48. The summed E-state index contributed by atoms with van der Waals surface area (Å²) in [7, 11) is 0. The number of halogens is 3. The minimum atomic E-state index is -4.35. The average molecular weight is 409 g/mol. The zero-order valence-corrected chi connectivity index (χ0v) is 16.2. The van der Waals surface area contributed by atoms with E-state index in [-0.39, 0.29) is 30.0 Å². The molecule has 1 aliphatic heterocycles. The van der Waals surface area contributed by atoms with Crippen LogP contribution in [0.2, 0.25) is 0 Å². The van der Waals surface area contributed by atoms with Crippen LogP contribution in [0.3, 0.4) is 0 Å². The minimum absolute atomic E-state index is 0.0163. The Morgan fingerprint density at radius 2 is 2.11 bits per heavy atom. The van der Waals surface area contributed by atoms with Gasteiger partial charge in [0.05, 0.1) is 28.3 Å². The van der Waals surface area contributed by atoms with E-state index >= 15 is 0 Å². The minimum Gasteiger partial charge on any atom is -0.340 e. The Morgan fingerprint density at radius 1 is 1.29 bits per heavy atom. The fourth-order valence-electron chi connectivity index (χ4n) is 4.33. The zero-order chi connectivity index (χ0) is 19.9. The van der Waals surface area contributed by atoms with E-state index in [0.29, 0.717) is 18.4 Å². The third-order valence-electron chi connectivity index (χ3n) is 5.68. The predicted molar refractivity (Wildman–Crippen MR) is 101 cm³/mol. The second-order valence-electron chi connectivity index (χ2n) is 7.64. The van der Waals surface area contributed by atoms with Gasteiger partial charge in [-0.05, 0) is 43.7 Å². The summed E-state index contributed by atoms with van der Waals surface area (Å²) in [4.78, 5) is 17.1. The van der Waals surface area contributed by atoms with Crippen molar-refractivity contribution in [1.29, 1.82) is 0 Å². The number of aromatic nitrogens is 1. The molecule has 0 bridgehead atoms. The first-order valence-corrected chi connectivity index (χ1v) is 10.3. The molecule has 0 radical (unpaired) electrons. The van der Waals surface area contributed by atoms with Gasteiger partial charge in [-0.3, -0.25) is 10.1 Å². The summed E-state index contributed by atoms with van der Waals surface area (Å²) in [5, 5.41) is 9.52. The van der Waals surface area contributed by atoms with Crippen molar-refractivity contribution in [3.63, 3.8) is 0 Å². The van der Waals surface area contributed by atoms with Crippen LogP contribution in [-0.4, -0.2) is 23.1 Å². The van der Waals surface area contributed by atoms with Crippen molar-refractivity contribution >= 4 is 17.2 Å². The van der Waals surface area contributed by atoms with Crippen molar-refractivity contribution < 1.29 is 18.0 Å². The number of thiazole rings is 1. The Morgan fingerprint density at radius 3 is 2.82 bits per heavy atom. The molecule has 8 heteroatoms. The van der Waals surface area contributed by atoms with E-state index in [2.05, 4.69) is 15.6 Å². The summed E-state index contributed by atoms with van der Waals surface area (Å²) < 4.78 is 39.0. The highest BCUT2D eigenvalue weighted by Gasteiger charge is 2.41. The molecule has 2 aliphatic rings. The highest BCUT2D eigenvalue weighted by molar-refractivity contribution is 7.09. The molecule has 2 fully saturated rings. The number of carbonyl (C=O) groups is 1. The number of amides is 1. The van der Waals surface area contributed by atoms with Gasteiger partial charge in [0.1, 0.15) is 0 Å². The predicted octanol–water partition coefficient (Wildman–Crippen LogP) is 4.01. The maximum absolute atomic E-state index is 13.0. The molecular weight excluding hydrogens is 387 g/mol. The second-order valence-corrected chi connectivity index (χ2v) is 8.70. The first kappa shape index (κ1) is 19.4. The fraction of sp³-hybridized carbons (Fsp3) is 0.500. The maximum atomic E-state index is 13.0. The number of alkyl halides is 3. The topological polar surface area (TPSA) is 54.0 Å². The van der Waals surface area contributed by atoms with Gasteiger partial charge in [-0.2, -0.15) is 13.2 Å². The normalized spacial score (nSPS) is 27.9.